The number of benzene rings is 1. The number of pyridine rings is 1. The van der Waals surface area contributed by atoms with E-state index in [0.29, 0.717) is 0 Å². The molecule has 0 amide bonds. The Balaban J connectivity index is 2.03. The lowest BCUT2D eigenvalue weighted by molar-refractivity contribution is 0.914. The van der Waals surface area contributed by atoms with Gasteiger partial charge in [-0.15, -0.1) is 0 Å². The van der Waals surface area contributed by atoms with Crippen LogP contribution in [0.15, 0.2) is 48.7 Å². The van der Waals surface area contributed by atoms with Crippen LogP contribution in [0.1, 0.15) is 11.3 Å². The molecular weight excluding hydrogens is 206 g/mol. The first-order valence-electron chi connectivity index (χ1n) is 4.99. The van der Waals surface area contributed by atoms with E-state index in [-0.39, 0.29) is 0 Å². The van der Waals surface area contributed by atoms with Crippen LogP contribution in [-0.4, -0.2) is 4.98 Å². The normalized spacial score (nSPS) is 10.2. The highest BCUT2D eigenvalue weighted by Gasteiger charge is 2.00. The fourth-order valence-corrected chi connectivity index (χ4v) is 1.73. The van der Waals surface area contributed by atoms with Crippen molar-refractivity contribution in [2.24, 2.45) is 0 Å². The summed E-state index contributed by atoms with van der Waals surface area (Å²) in [5.74, 6) is 0. The second kappa shape index (κ2) is 4.94. The third kappa shape index (κ3) is 2.80. The molecule has 0 saturated heterocycles. The van der Waals surface area contributed by atoms with Gasteiger partial charge in [0.25, 0.3) is 0 Å². The Morgan fingerprint density at radius 1 is 0.933 bits per heavy atom. The van der Waals surface area contributed by atoms with Gasteiger partial charge in [0.05, 0.1) is 10.7 Å². The van der Waals surface area contributed by atoms with E-state index in [9.17, 15) is 0 Å². The van der Waals surface area contributed by atoms with Crippen molar-refractivity contribution in [2.75, 3.05) is 0 Å². The average Bonchev–Trinajstić information content (AvgIpc) is 2.29. The average molecular weight is 218 g/mol. The molecule has 0 bridgehead atoms. The minimum atomic E-state index is 0.758. The van der Waals surface area contributed by atoms with E-state index in [4.69, 9.17) is 11.6 Å². The monoisotopic (exact) mass is 217 g/mol. The van der Waals surface area contributed by atoms with Gasteiger partial charge < -0.3 is 0 Å². The number of hydrogen-bond acceptors (Lipinski definition) is 1. The number of nitrogens with zero attached hydrogens (tertiary/aromatic N) is 1. The standard InChI is InChI=1S/C13H12ClN/c14-12-7-4-10-15-13(12)9-8-11-5-2-1-3-6-11/h1-7,10H,8-9H2. The first-order chi connectivity index (χ1) is 7.36. The second-order valence-corrected chi connectivity index (χ2v) is 3.82. The lowest BCUT2D eigenvalue weighted by atomic mass is 10.1. The summed E-state index contributed by atoms with van der Waals surface area (Å²) in [4.78, 5) is 4.26. The van der Waals surface area contributed by atoms with Gasteiger partial charge in [-0.2, -0.15) is 0 Å². The predicted octanol–water partition coefficient (Wildman–Crippen LogP) is 3.52. The van der Waals surface area contributed by atoms with Crippen molar-refractivity contribution in [3.63, 3.8) is 0 Å². The van der Waals surface area contributed by atoms with Gasteiger partial charge in [-0.1, -0.05) is 41.9 Å². The molecule has 15 heavy (non-hydrogen) atoms. The van der Waals surface area contributed by atoms with Crippen LogP contribution in [0.4, 0.5) is 0 Å². The van der Waals surface area contributed by atoms with Crippen molar-refractivity contribution >= 4 is 11.6 Å². The van der Waals surface area contributed by atoms with E-state index in [0.717, 1.165) is 23.6 Å². The fraction of sp³-hybridized carbons (Fsp3) is 0.154. The Bertz CT molecular complexity index is 426. The molecular formula is C13H12ClN. The summed E-state index contributed by atoms with van der Waals surface area (Å²) in [6.45, 7) is 0. The summed E-state index contributed by atoms with van der Waals surface area (Å²) in [6, 6.07) is 14.1. The van der Waals surface area contributed by atoms with Crippen molar-refractivity contribution in [3.8, 4) is 0 Å². The highest BCUT2D eigenvalue weighted by molar-refractivity contribution is 6.31. The Labute approximate surface area is 94.7 Å². The topological polar surface area (TPSA) is 12.9 Å². The summed E-state index contributed by atoms with van der Waals surface area (Å²) in [6.07, 6.45) is 3.66. The van der Waals surface area contributed by atoms with Crippen molar-refractivity contribution in [3.05, 3.63) is 64.9 Å². The molecule has 2 rings (SSSR count). The van der Waals surface area contributed by atoms with Gasteiger partial charge in [0, 0.05) is 6.20 Å². The summed E-state index contributed by atoms with van der Waals surface area (Å²) in [5, 5.41) is 0.758. The Hall–Kier alpha value is -1.34. The summed E-state index contributed by atoms with van der Waals surface area (Å²) >= 11 is 6.03. The van der Waals surface area contributed by atoms with Crippen LogP contribution in [0.25, 0.3) is 0 Å². The molecule has 0 spiro atoms. The Kier molecular flexibility index (Phi) is 3.36. The minimum absolute atomic E-state index is 0.758. The van der Waals surface area contributed by atoms with Crippen LogP contribution in [0.5, 0.6) is 0 Å². The lowest BCUT2D eigenvalue weighted by Crippen LogP contribution is -1.94. The van der Waals surface area contributed by atoms with E-state index in [1.54, 1.807) is 6.20 Å². The number of rotatable bonds is 3. The molecule has 0 aliphatic carbocycles. The van der Waals surface area contributed by atoms with E-state index >= 15 is 0 Å². The maximum atomic E-state index is 6.03. The van der Waals surface area contributed by atoms with Gasteiger partial charge in [-0.05, 0) is 30.5 Å². The number of halogens is 1. The van der Waals surface area contributed by atoms with Gasteiger partial charge >= 0.3 is 0 Å². The zero-order valence-electron chi connectivity index (χ0n) is 8.36. The van der Waals surface area contributed by atoms with E-state index in [2.05, 4.69) is 29.2 Å². The molecule has 1 aromatic heterocycles. The van der Waals surface area contributed by atoms with Crippen LogP contribution < -0.4 is 0 Å². The molecule has 1 nitrogen and oxygen atoms in total. The molecule has 1 aromatic carbocycles. The smallest absolute Gasteiger partial charge is 0.0621 e. The van der Waals surface area contributed by atoms with Gasteiger partial charge in [-0.3, -0.25) is 4.98 Å². The van der Waals surface area contributed by atoms with E-state index in [1.807, 2.05) is 18.2 Å². The summed E-state index contributed by atoms with van der Waals surface area (Å²) in [7, 11) is 0. The van der Waals surface area contributed by atoms with Crippen molar-refractivity contribution < 1.29 is 0 Å². The Morgan fingerprint density at radius 3 is 2.47 bits per heavy atom. The van der Waals surface area contributed by atoms with Gasteiger partial charge in [0.15, 0.2) is 0 Å². The van der Waals surface area contributed by atoms with Crippen molar-refractivity contribution in [1.82, 2.24) is 4.98 Å². The van der Waals surface area contributed by atoms with Crippen LogP contribution >= 0.6 is 11.6 Å². The minimum Gasteiger partial charge on any atom is -0.260 e. The maximum Gasteiger partial charge on any atom is 0.0621 e. The molecule has 0 aliphatic heterocycles. The van der Waals surface area contributed by atoms with Crippen molar-refractivity contribution in [1.29, 1.82) is 0 Å². The highest BCUT2D eigenvalue weighted by Crippen LogP contribution is 2.14. The van der Waals surface area contributed by atoms with Gasteiger partial charge in [0.1, 0.15) is 0 Å². The van der Waals surface area contributed by atoms with Crippen LogP contribution in [0.2, 0.25) is 5.02 Å². The number of aryl methyl sites for hydroxylation is 2. The first kappa shape index (κ1) is 10.2. The predicted molar refractivity (Wildman–Crippen MR) is 63.1 cm³/mol. The largest absolute Gasteiger partial charge is 0.260 e. The summed E-state index contributed by atoms with van der Waals surface area (Å²) < 4.78 is 0. The number of hydrogen-bond donors (Lipinski definition) is 0. The molecule has 0 radical (unpaired) electrons. The highest BCUT2D eigenvalue weighted by atomic mass is 35.5. The van der Waals surface area contributed by atoms with E-state index in [1.165, 1.54) is 5.56 Å². The van der Waals surface area contributed by atoms with Gasteiger partial charge in [-0.25, -0.2) is 0 Å². The zero-order chi connectivity index (χ0) is 10.5. The third-order valence-corrected chi connectivity index (χ3v) is 2.67. The summed E-state index contributed by atoms with van der Waals surface area (Å²) in [5.41, 5.74) is 2.29. The lowest BCUT2D eigenvalue weighted by Gasteiger charge is -2.02. The van der Waals surface area contributed by atoms with Crippen molar-refractivity contribution in [2.45, 2.75) is 12.8 Å². The number of aromatic nitrogens is 1. The third-order valence-electron chi connectivity index (χ3n) is 2.33. The molecule has 1 heterocycles. The molecule has 0 atom stereocenters. The first-order valence-corrected chi connectivity index (χ1v) is 5.37. The zero-order valence-corrected chi connectivity index (χ0v) is 9.11. The maximum absolute atomic E-state index is 6.03. The molecule has 0 saturated carbocycles. The quantitative estimate of drug-likeness (QED) is 0.767. The molecule has 0 aliphatic rings. The van der Waals surface area contributed by atoms with Crippen LogP contribution in [0.3, 0.4) is 0 Å². The molecule has 76 valence electrons. The van der Waals surface area contributed by atoms with E-state index < -0.39 is 0 Å². The molecule has 2 heteroatoms. The second-order valence-electron chi connectivity index (χ2n) is 3.42. The molecule has 0 fully saturated rings. The fourth-order valence-electron chi connectivity index (χ4n) is 1.51. The SMILES string of the molecule is Clc1cccnc1CCc1ccccc1. The van der Waals surface area contributed by atoms with Crippen LogP contribution in [0, 0.1) is 0 Å². The molecule has 0 N–H and O–H groups in total. The van der Waals surface area contributed by atoms with Gasteiger partial charge in [0.2, 0.25) is 0 Å². The Morgan fingerprint density at radius 2 is 1.73 bits per heavy atom. The van der Waals surface area contributed by atoms with Crippen LogP contribution in [-0.2, 0) is 12.8 Å². The molecule has 0 unspecified atom stereocenters. The molecule has 2 aromatic rings.